The van der Waals surface area contributed by atoms with Gasteiger partial charge in [0, 0.05) is 31.7 Å². The Labute approximate surface area is 129 Å². The van der Waals surface area contributed by atoms with Crippen molar-refractivity contribution in [2.24, 2.45) is 0 Å². The first-order valence-electron chi connectivity index (χ1n) is 6.86. The summed E-state index contributed by atoms with van der Waals surface area (Å²) in [7, 11) is -1.76. The lowest BCUT2D eigenvalue weighted by molar-refractivity contribution is -0.131. The molecule has 122 valence electrons. The van der Waals surface area contributed by atoms with Gasteiger partial charge in [0.15, 0.2) is 0 Å². The third-order valence-electron chi connectivity index (χ3n) is 3.64. The maximum absolute atomic E-state index is 13.3. The molecule has 1 aliphatic rings. The number of hydrogen-bond acceptors (Lipinski definition) is 4. The van der Waals surface area contributed by atoms with Crippen molar-refractivity contribution in [1.82, 2.24) is 9.21 Å². The standard InChI is InChI=1S/C14H19FN2O4S/c1-21-13-4-3-12(15)9-11(13)10-14(18)16-5-7-17(8-6-16)22(2,19)20/h3-4,9H,5-8,10H2,1-2H3. The normalized spacial score (nSPS) is 16.6. The summed E-state index contributed by atoms with van der Waals surface area (Å²) in [6.45, 7) is 1.24. The number of rotatable bonds is 4. The van der Waals surface area contributed by atoms with Crippen molar-refractivity contribution >= 4 is 15.9 Å². The number of sulfonamides is 1. The molecule has 6 nitrogen and oxygen atoms in total. The Kier molecular flexibility index (Phi) is 5.02. The van der Waals surface area contributed by atoms with Gasteiger partial charge in [-0.05, 0) is 18.2 Å². The van der Waals surface area contributed by atoms with Crippen LogP contribution in [0, 0.1) is 5.82 Å². The zero-order chi connectivity index (χ0) is 16.3. The fourth-order valence-corrected chi connectivity index (χ4v) is 3.26. The second-order valence-electron chi connectivity index (χ2n) is 5.18. The van der Waals surface area contributed by atoms with E-state index < -0.39 is 15.8 Å². The molecule has 0 N–H and O–H groups in total. The zero-order valence-electron chi connectivity index (χ0n) is 12.6. The quantitative estimate of drug-likeness (QED) is 0.805. The number of methoxy groups -OCH3 is 1. The summed E-state index contributed by atoms with van der Waals surface area (Å²) < 4.78 is 42.7. The van der Waals surface area contributed by atoms with Crippen LogP contribution in [0.2, 0.25) is 0 Å². The van der Waals surface area contributed by atoms with E-state index in [-0.39, 0.29) is 25.4 Å². The van der Waals surface area contributed by atoms with Crippen LogP contribution in [0.1, 0.15) is 5.56 Å². The largest absolute Gasteiger partial charge is 0.496 e. The van der Waals surface area contributed by atoms with Crippen LogP contribution in [0.5, 0.6) is 5.75 Å². The highest BCUT2D eigenvalue weighted by Crippen LogP contribution is 2.21. The van der Waals surface area contributed by atoms with Crippen molar-refractivity contribution < 1.29 is 22.3 Å². The number of carbonyl (C=O) groups is 1. The average molecular weight is 330 g/mol. The fraction of sp³-hybridized carbons (Fsp3) is 0.500. The number of benzene rings is 1. The Morgan fingerprint density at radius 1 is 1.27 bits per heavy atom. The lowest BCUT2D eigenvalue weighted by Gasteiger charge is -2.33. The van der Waals surface area contributed by atoms with Gasteiger partial charge in [-0.3, -0.25) is 4.79 Å². The third kappa shape index (κ3) is 3.95. The predicted octanol–water partition coefficient (Wildman–Crippen LogP) is 0.481. The van der Waals surface area contributed by atoms with Crippen LogP contribution in [0.15, 0.2) is 18.2 Å². The lowest BCUT2D eigenvalue weighted by atomic mass is 10.1. The molecule has 0 aromatic heterocycles. The van der Waals surface area contributed by atoms with E-state index in [1.54, 1.807) is 4.90 Å². The zero-order valence-corrected chi connectivity index (χ0v) is 13.4. The Balaban J connectivity index is 2.01. The molecule has 1 aromatic rings. The van der Waals surface area contributed by atoms with Crippen LogP contribution in [-0.4, -0.2) is 63.1 Å². The van der Waals surface area contributed by atoms with Crippen molar-refractivity contribution in [3.8, 4) is 5.75 Å². The van der Waals surface area contributed by atoms with E-state index in [9.17, 15) is 17.6 Å². The van der Waals surface area contributed by atoms with Gasteiger partial charge in [0.2, 0.25) is 15.9 Å². The maximum atomic E-state index is 13.3. The van der Waals surface area contributed by atoms with E-state index in [1.807, 2.05) is 0 Å². The Hall–Kier alpha value is -1.67. The van der Waals surface area contributed by atoms with Crippen LogP contribution in [-0.2, 0) is 21.2 Å². The van der Waals surface area contributed by atoms with Crippen LogP contribution in [0.4, 0.5) is 4.39 Å². The average Bonchev–Trinajstić information content (AvgIpc) is 2.46. The van der Waals surface area contributed by atoms with Gasteiger partial charge in [-0.15, -0.1) is 0 Å². The molecule has 1 saturated heterocycles. The number of ether oxygens (including phenoxy) is 1. The van der Waals surface area contributed by atoms with Crippen LogP contribution < -0.4 is 4.74 Å². The fourth-order valence-electron chi connectivity index (χ4n) is 2.43. The summed E-state index contributed by atoms with van der Waals surface area (Å²) >= 11 is 0. The van der Waals surface area contributed by atoms with Crippen molar-refractivity contribution in [1.29, 1.82) is 0 Å². The summed E-state index contributed by atoms with van der Waals surface area (Å²) in [4.78, 5) is 13.9. The summed E-state index contributed by atoms with van der Waals surface area (Å²) in [6, 6.07) is 4.04. The molecule has 0 saturated carbocycles. The topological polar surface area (TPSA) is 66.9 Å². The number of carbonyl (C=O) groups excluding carboxylic acids is 1. The predicted molar refractivity (Wildman–Crippen MR) is 79.7 cm³/mol. The van der Waals surface area contributed by atoms with Crippen LogP contribution >= 0.6 is 0 Å². The third-order valence-corrected chi connectivity index (χ3v) is 4.95. The van der Waals surface area contributed by atoms with Crippen LogP contribution in [0.25, 0.3) is 0 Å². The minimum atomic E-state index is -3.22. The van der Waals surface area contributed by atoms with Gasteiger partial charge >= 0.3 is 0 Å². The van der Waals surface area contributed by atoms with Gasteiger partial charge in [-0.1, -0.05) is 0 Å². The SMILES string of the molecule is COc1ccc(F)cc1CC(=O)N1CCN(S(C)(=O)=O)CC1. The van der Waals surface area contributed by atoms with E-state index in [0.29, 0.717) is 24.4 Å². The first-order chi connectivity index (χ1) is 10.3. The van der Waals surface area contributed by atoms with E-state index >= 15 is 0 Å². The Morgan fingerprint density at radius 3 is 2.45 bits per heavy atom. The van der Waals surface area contributed by atoms with Crippen molar-refractivity contribution in [3.63, 3.8) is 0 Å². The second kappa shape index (κ2) is 6.62. The minimum Gasteiger partial charge on any atom is -0.496 e. The Morgan fingerprint density at radius 2 is 1.91 bits per heavy atom. The molecule has 0 spiro atoms. The second-order valence-corrected chi connectivity index (χ2v) is 7.16. The molecule has 22 heavy (non-hydrogen) atoms. The summed E-state index contributed by atoms with van der Waals surface area (Å²) in [5, 5.41) is 0. The molecule has 1 amide bonds. The number of piperazine rings is 1. The lowest BCUT2D eigenvalue weighted by Crippen LogP contribution is -2.50. The first kappa shape index (κ1) is 16.7. The molecule has 1 heterocycles. The molecular weight excluding hydrogens is 311 g/mol. The molecule has 0 atom stereocenters. The molecule has 1 aliphatic heterocycles. The molecule has 0 unspecified atom stereocenters. The summed E-state index contributed by atoms with van der Waals surface area (Å²) in [6.07, 6.45) is 1.18. The molecule has 2 rings (SSSR count). The van der Waals surface area contributed by atoms with E-state index in [0.717, 1.165) is 6.26 Å². The van der Waals surface area contributed by atoms with Gasteiger partial charge in [-0.25, -0.2) is 12.8 Å². The Bertz CT molecular complexity index is 655. The molecule has 1 fully saturated rings. The van der Waals surface area contributed by atoms with Crippen molar-refractivity contribution in [3.05, 3.63) is 29.6 Å². The molecule has 1 aromatic carbocycles. The maximum Gasteiger partial charge on any atom is 0.227 e. The number of nitrogens with zero attached hydrogens (tertiary/aromatic N) is 2. The molecule has 0 radical (unpaired) electrons. The minimum absolute atomic E-state index is 0.0276. The number of hydrogen-bond donors (Lipinski definition) is 0. The smallest absolute Gasteiger partial charge is 0.227 e. The van der Waals surface area contributed by atoms with Crippen LogP contribution in [0.3, 0.4) is 0 Å². The monoisotopic (exact) mass is 330 g/mol. The van der Waals surface area contributed by atoms with Crippen molar-refractivity contribution in [2.75, 3.05) is 39.5 Å². The molecule has 0 aliphatic carbocycles. The molecule has 0 bridgehead atoms. The first-order valence-corrected chi connectivity index (χ1v) is 8.71. The number of halogens is 1. The highest BCUT2D eigenvalue weighted by atomic mass is 32.2. The van der Waals surface area contributed by atoms with E-state index in [2.05, 4.69) is 0 Å². The van der Waals surface area contributed by atoms with Gasteiger partial charge < -0.3 is 9.64 Å². The van der Waals surface area contributed by atoms with E-state index in [1.165, 1.54) is 29.6 Å². The van der Waals surface area contributed by atoms with Gasteiger partial charge in [-0.2, -0.15) is 4.31 Å². The summed E-state index contributed by atoms with van der Waals surface area (Å²) in [5.41, 5.74) is 0.484. The van der Waals surface area contributed by atoms with Gasteiger partial charge in [0.25, 0.3) is 0 Å². The molecular formula is C14H19FN2O4S. The van der Waals surface area contributed by atoms with E-state index in [4.69, 9.17) is 4.74 Å². The molecule has 8 heteroatoms. The highest BCUT2D eigenvalue weighted by molar-refractivity contribution is 7.88. The van der Waals surface area contributed by atoms with Gasteiger partial charge in [0.1, 0.15) is 11.6 Å². The number of amides is 1. The van der Waals surface area contributed by atoms with Gasteiger partial charge in [0.05, 0.1) is 19.8 Å². The summed E-state index contributed by atoms with van der Waals surface area (Å²) in [5.74, 6) is -0.132. The highest BCUT2D eigenvalue weighted by Gasteiger charge is 2.26. The van der Waals surface area contributed by atoms with Crippen molar-refractivity contribution in [2.45, 2.75) is 6.42 Å².